The van der Waals surface area contributed by atoms with Crippen LogP contribution in [0.4, 0.5) is 4.79 Å². The van der Waals surface area contributed by atoms with Crippen LogP contribution in [0.3, 0.4) is 0 Å². The Bertz CT molecular complexity index is 667. The fraction of sp³-hybridized carbons (Fsp3) is 0.400. The van der Waals surface area contributed by atoms with Crippen LogP contribution in [0.2, 0.25) is 0 Å². The number of primary amides is 1. The molecule has 0 saturated carbocycles. The van der Waals surface area contributed by atoms with Gasteiger partial charge in [0.2, 0.25) is 0 Å². The van der Waals surface area contributed by atoms with Gasteiger partial charge in [-0.05, 0) is 25.0 Å². The normalized spacial score (nSPS) is 18.4. The number of para-hydroxylation sites is 1. The number of esters is 1. The van der Waals surface area contributed by atoms with E-state index in [0.717, 1.165) is 28.1 Å². The predicted molar refractivity (Wildman–Crippen MR) is 83.3 cm³/mol. The minimum absolute atomic E-state index is 0.172. The summed E-state index contributed by atoms with van der Waals surface area (Å²) < 4.78 is 6.43. The molecule has 1 aliphatic rings. The quantitative estimate of drug-likeness (QED) is 0.878. The predicted octanol–water partition coefficient (Wildman–Crippen LogP) is 2.13. The SMILES string of the molecule is NC(=O)N1CCCC(C(=O)OCc2nc3ccccc3s2)C1. The highest BCUT2D eigenvalue weighted by Gasteiger charge is 2.28. The molecule has 1 unspecified atom stereocenters. The molecule has 2 amide bonds. The number of aromatic nitrogens is 1. The molecule has 1 aromatic carbocycles. The number of urea groups is 1. The highest BCUT2D eigenvalue weighted by molar-refractivity contribution is 7.18. The molecule has 1 saturated heterocycles. The number of fused-ring (bicyclic) bond motifs is 1. The van der Waals surface area contributed by atoms with Crippen LogP contribution in [0.15, 0.2) is 24.3 Å². The minimum Gasteiger partial charge on any atom is -0.458 e. The van der Waals surface area contributed by atoms with Crippen molar-refractivity contribution < 1.29 is 14.3 Å². The molecular formula is C15H17N3O3S. The Hall–Kier alpha value is -2.15. The van der Waals surface area contributed by atoms with Crippen LogP contribution in [-0.4, -0.2) is 35.0 Å². The molecule has 2 N–H and O–H groups in total. The lowest BCUT2D eigenvalue weighted by Crippen LogP contribution is -2.45. The highest BCUT2D eigenvalue weighted by Crippen LogP contribution is 2.23. The first-order valence-corrected chi connectivity index (χ1v) is 8.00. The van der Waals surface area contributed by atoms with E-state index in [0.29, 0.717) is 13.1 Å². The number of ether oxygens (including phenoxy) is 1. The molecule has 0 aliphatic carbocycles. The van der Waals surface area contributed by atoms with Crippen molar-refractivity contribution in [3.05, 3.63) is 29.3 Å². The van der Waals surface area contributed by atoms with Crippen LogP contribution in [0.1, 0.15) is 17.8 Å². The van der Waals surface area contributed by atoms with Gasteiger partial charge < -0.3 is 15.4 Å². The summed E-state index contributed by atoms with van der Waals surface area (Å²) in [6.45, 7) is 1.12. The van der Waals surface area contributed by atoms with Crippen molar-refractivity contribution in [2.45, 2.75) is 19.4 Å². The van der Waals surface area contributed by atoms with Crippen LogP contribution in [0.5, 0.6) is 0 Å². The number of nitrogens with two attached hydrogens (primary N) is 1. The molecule has 0 spiro atoms. The molecule has 1 aliphatic heterocycles. The summed E-state index contributed by atoms with van der Waals surface area (Å²) in [6, 6.07) is 7.33. The summed E-state index contributed by atoms with van der Waals surface area (Å²) in [5.74, 6) is -0.583. The van der Waals surface area contributed by atoms with Crippen LogP contribution in [-0.2, 0) is 16.1 Å². The standard InChI is InChI=1S/C15H17N3O3S/c16-15(20)18-7-3-4-10(8-18)14(19)21-9-13-17-11-5-1-2-6-12(11)22-13/h1-2,5-6,10H,3-4,7-9H2,(H2,16,20). The van der Waals surface area contributed by atoms with Gasteiger partial charge in [0, 0.05) is 13.1 Å². The molecule has 1 aromatic heterocycles. The number of nitrogens with zero attached hydrogens (tertiary/aromatic N) is 2. The second-order valence-electron chi connectivity index (χ2n) is 5.31. The van der Waals surface area contributed by atoms with E-state index in [-0.39, 0.29) is 18.5 Å². The van der Waals surface area contributed by atoms with Crippen LogP contribution in [0, 0.1) is 5.92 Å². The first kappa shape index (κ1) is 14.8. The van der Waals surface area contributed by atoms with Crippen LogP contribution >= 0.6 is 11.3 Å². The van der Waals surface area contributed by atoms with Gasteiger partial charge in [0.15, 0.2) is 0 Å². The molecule has 1 fully saturated rings. The number of piperidine rings is 1. The summed E-state index contributed by atoms with van der Waals surface area (Å²) in [7, 11) is 0. The van der Waals surface area contributed by atoms with E-state index in [2.05, 4.69) is 4.98 Å². The first-order valence-electron chi connectivity index (χ1n) is 7.19. The molecule has 3 rings (SSSR count). The van der Waals surface area contributed by atoms with Gasteiger partial charge in [0.25, 0.3) is 0 Å². The monoisotopic (exact) mass is 319 g/mol. The number of carbonyl (C=O) groups excluding carboxylic acids is 2. The molecule has 0 bridgehead atoms. The van der Waals surface area contributed by atoms with Gasteiger partial charge in [-0.25, -0.2) is 9.78 Å². The average molecular weight is 319 g/mol. The van der Waals surface area contributed by atoms with E-state index in [1.807, 2.05) is 24.3 Å². The van der Waals surface area contributed by atoms with Crippen molar-refractivity contribution in [2.75, 3.05) is 13.1 Å². The topological polar surface area (TPSA) is 85.5 Å². The van der Waals surface area contributed by atoms with E-state index in [1.54, 1.807) is 0 Å². The van der Waals surface area contributed by atoms with E-state index in [1.165, 1.54) is 16.2 Å². The van der Waals surface area contributed by atoms with Crippen LogP contribution in [0.25, 0.3) is 10.2 Å². The van der Waals surface area contributed by atoms with E-state index in [4.69, 9.17) is 10.5 Å². The van der Waals surface area contributed by atoms with Crippen molar-refractivity contribution >= 4 is 33.6 Å². The second kappa shape index (κ2) is 6.31. The van der Waals surface area contributed by atoms with Gasteiger partial charge in [0.05, 0.1) is 16.1 Å². The number of likely N-dealkylation sites (tertiary alicyclic amines) is 1. The molecule has 116 valence electrons. The molecule has 2 aromatic rings. The van der Waals surface area contributed by atoms with Gasteiger partial charge in [-0.2, -0.15) is 0 Å². The lowest BCUT2D eigenvalue weighted by Gasteiger charge is -2.30. The Balaban J connectivity index is 1.58. The molecule has 0 radical (unpaired) electrons. The molecule has 6 nitrogen and oxygen atoms in total. The number of hydrogen-bond acceptors (Lipinski definition) is 5. The minimum atomic E-state index is -0.483. The van der Waals surface area contributed by atoms with Gasteiger partial charge in [-0.3, -0.25) is 4.79 Å². The van der Waals surface area contributed by atoms with Gasteiger partial charge in [-0.1, -0.05) is 12.1 Å². The summed E-state index contributed by atoms with van der Waals surface area (Å²) >= 11 is 1.52. The molecule has 2 heterocycles. The summed E-state index contributed by atoms with van der Waals surface area (Å²) in [5, 5.41) is 0.775. The zero-order chi connectivity index (χ0) is 15.5. The maximum atomic E-state index is 12.1. The van der Waals surface area contributed by atoms with E-state index < -0.39 is 6.03 Å². The smallest absolute Gasteiger partial charge is 0.314 e. The lowest BCUT2D eigenvalue weighted by atomic mass is 9.98. The zero-order valence-corrected chi connectivity index (χ0v) is 12.8. The molecule has 7 heteroatoms. The Morgan fingerprint density at radius 1 is 1.41 bits per heavy atom. The van der Waals surface area contributed by atoms with Gasteiger partial charge in [0.1, 0.15) is 11.6 Å². The number of rotatable bonds is 3. The van der Waals surface area contributed by atoms with Crippen molar-refractivity contribution in [1.82, 2.24) is 9.88 Å². The first-order chi connectivity index (χ1) is 10.6. The Morgan fingerprint density at radius 2 is 2.23 bits per heavy atom. The van der Waals surface area contributed by atoms with Gasteiger partial charge in [-0.15, -0.1) is 11.3 Å². The second-order valence-corrected chi connectivity index (χ2v) is 6.42. The maximum Gasteiger partial charge on any atom is 0.314 e. The van der Waals surface area contributed by atoms with Crippen molar-refractivity contribution in [3.8, 4) is 0 Å². The third kappa shape index (κ3) is 3.19. The van der Waals surface area contributed by atoms with Gasteiger partial charge >= 0.3 is 12.0 Å². The Morgan fingerprint density at radius 3 is 3.00 bits per heavy atom. The number of thiazole rings is 1. The number of benzene rings is 1. The Labute approximate surface area is 131 Å². The molecular weight excluding hydrogens is 302 g/mol. The Kier molecular flexibility index (Phi) is 4.24. The van der Waals surface area contributed by atoms with Crippen molar-refractivity contribution in [3.63, 3.8) is 0 Å². The number of hydrogen-bond donors (Lipinski definition) is 1. The fourth-order valence-corrected chi connectivity index (χ4v) is 3.48. The van der Waals surface area contributed by atoms with E-state index >= 15 is 0 Å². The summed E-state index contributed by atoms with van der Waals surface area (Å²) in [4.78, 5) is 29.2. The maximum absolute atomic E-state index is 12.1. The van der Waals surface area contributed by atoms with Crippen molar-refractivity contribution in [2.24, 2.45) is 11.7 Å². The third-order valence-electron chi connectivity index (χ3n) is 3.74. The summed E-state index contributed by atoms with van der Waals surface area (Å²) in [6.07, 6.45) is 1.49. The zero-order valence-electron chi connectivity index (χ0n) is 12.0. The molecule has 22 heavy (non-hydrogen) atoms. The van der Waals surface area contributed by atoms with Crippen molar-refractivity contribution in [1.29, 1.82) is 0 Å². The molecule has 1 atom stereocenters. The largest absolute Gasteiger partial charge is 0.458 e. The van der Waals surface area contributed by atoms with E-state index in [9.17, 15) is 9.59 Å². The average Bonchev–Trinajstić information content (AvgIpc) is 2.95. The summed E-state index contributed by atoms with van der Waals surface area (Å²) in [5.41, 5.74) is 6.18. The third-order valence-corrected chi connectivity index (χ3v) is 4.75. The fourth-order valence-electron chi connectivity index (χ4n) is 2.60. The van der Waals surface area contributed by atoms with Crippen LogP contribution < -0.4 is 5.73 Å². The number of carbonyl (C=O) groups is 2. The lowest BCUT2D eigenvalue weighted by molar-refractivity contribution is -0.151. The highest BCUT2D eigenvalue weighted by atomic mass is 32.1. The number of amides is 2.